The van der Waals surface area contributed by atoms with Crippen molar-refractivity contribution in [3.8, 4) is 11.1 Å². The molecule has 0 heterocycles. The molecule has 0 radical (unpaired) electrons. The molecule has 2 aromatic carbocycles. The number of amides is 2. The average molecular weight is 434 g/mol. The Labute approximate surface area is 171 Å². The van der Waals surface area contributed by atoms with Crippen LogP contribution in [0.3, 0.4) is 0 Å². The van der Waals surface area contributed by atoms with Crippen LogP contribution in [0.2, 0.25) is 0 Å². The van der Waals surface area contributed by atoms with E-state index >= 15 is 0 Å². The molecular formula is C18H16Cl4N2O2. The number of rotatable bonds is 5. The second-order valence-electron chi connectivity index (χ2n) is 5.64. The van der Waals surface area contributed by atoms with Crippen molar-refractivity contribution in [3.05, 3.63) is 47.5 Å². The molecule has 0 aromatic heterocycles. The van der Waals surface area contributed by atoms with E-state index in [2.05, 4.69) is 10.6 Å². The Morgan fingerprint density at radius 1 is 0.731 bits per heavy atom. The predicted molar refractivity (Wildman–Crippen MR) is 110 cm³/mol. The summed E-state index contributed by atoms with van der Waals surface area (Å²) >= 11 is 22.2. The minimum absolute atomic E-state index is 0.475. The fourth-order valence-electron chi connectivity index (χ4n) is 2.34. The summed E-state index contributed by atoms with van der Waals surface area (Å²) in [6.07, 6.45) is 0. The van der Waals surface area contributed by atoms with E-state index in [1.165, 1.54) is 0 Å². The number of carbonyl (C=O) groups excluding carboxylic acids is 2. The monoisotopic (exact) mass is 432 g/mol. The van der Waals surface area contributed by atoms with Gasteiger partial charge >= 0.3 is 0 Å². The summed E-state index contributed by atoms with van der Waals surface area (Å²) in [5, 5.41) is 5.33. The molecule has 0 aliphatic heterocycles. The van der Waals surface area contributed by atoms with Gasteiger partial charge in [0.2, 0.25) is 0 Å². The number of carbonyl (C=O) groups is 2. The Morgan fingerprint density at radius 3 is 1.35 bits per heavy atom. The third kappa shape index (κ3) is 5.27. The lowest BCUT2D eigenvalue weighted by atomic mass is 10.00. The van der Waals surface area contributed by atoms with E-state index in [9.17, 15) is 9.59 Å². The topological polar surface area (TPSA) is 58.2 Å². The minimum atomic E-state index is -1.12. The third-order valence-corrected chi connectivity index (χ3v) is 4.49. The summed E-state index contributed by atoms with van der Waals surface area (Å²) in [6.45, 7) is 3.75. The van der Waals surface area contributed by atoms with E-state index < -0.39 is 21.5 Å². The van der Waals surface area contributed by atoms with Gasteiger partial charge in [0.15, 0.2) is 9.67 Å². The Kier molecular flexibility index (Phi) is 7.18. The zero-order valence-electron chi connectivity index (χ0n) is 13.9. The normalized spacial score (nSPS) is 10.9. The van der Waals surface area contributed by atoms with E-state index in [4.69, 9.17) is 46.4 Å². The number of hydrogen-bond acceptors (Lipinski definition) is 2. The number of benzene rings is 2. The van der Waals surface area contributed by atoms with Crippen LogP contribution in [0.25, 0.3) is 11.1 Å². The highest BCUT2D eigenvalue weighted by Gasteiger charge is 2.14. The van der Waals surface area contributed by atoms with Crippen LogP contribution in [0.4, 0.5) is 11.4 Å². The molecule has 2 rings (SSSR count). The first-order valence-electron chi connectivity index (χ1n) is 7.58. The van der Waals surface area contributed by atoms with Crippen molar-refractivity contribution in [1.29, 1.82) is 0 Å². The molecule has 2 N–H and O–H groups in total. The summed E-state index contributed by atoms with van der Waals surface area (Å²) in [5.74, 6) is -0.950. The molecule has 0 atom stereocenters. The fourth-order valence-corrected chi connectivity index (χ4v) is 2.56. The summed E-state index contributed by atoms with van der Waals surface area (Å²) < 4.78 is 0. The van der Waals surface area contributed by atoms with Crippen molar-refractivity contribution in [1.82, 2.24) is 0 Å². The first kappa shape index (κ1) is 20.8. The second-order valence-corrected chi connectivity index (χ2v) is 7.83. The summed E-state index contributed by atoms with van der Waals surface area (Å²) in [5.41, 5.74) is 4.94. The van der Waals surface area contributed by atoms with Gasteiger partial charge in [0.25, 0.3) is 11.8 Å². The molecule has 0 aliphatic carbocycles. The lowest BCUT2D eigenvalue weighted by Crippen LogP contribution is -2.19. The standard InChI is InChI=1S/C18H16Cl4N2O2/c1-9-7-11(3-5-13(9)23-17(25)15(19)20)12-4-6-14(10(2)8-12)24-18(26)16(21)22/h3-8,15-16H,1-2H3,(H,23,25)(H,24,26). The molecule has 2 aromatic rings. The minimum Gasteiger partial charge on any atom is -0.323 e. The van der Waals surface area contributed by atoms with Gasteiger partial charge in [-0.2, -0.15) is 0 Å². The third-order valence-electron chi connectivity index (χ3n) is 3.70. The largest absolute Gasteiger partial charge is 0.323 e. The van der Waals surface area contributed by atoms with Gasteiger partial charge in [0, 0.05) is 11.4 Å². The highest BCUT2D eigenvalue weighted by molar-refractivity contribution is 6.55. The molecule has 0 fully saturated rings. The highest BCUT2D eigenvalue weighted by Crippen LogP contribution is 2.28. The van der Waals surface area contributed by atoms with Crippen molar-refractivity contribution < 1.29 is 9.59 Å². The van der Waals surface area contributed by atoms with E-state index in [1.54, 1.807) is 12.1 Å². The summed E-state index contributed by atoms with van der Waals surface area (Å²) in [7, 11) is 0. The number of halogens is 4. The van der Waals surface area contributed by atoms with Crippen molar-refractivity contribution in [2.75, 3.05) is 10.6 Å². The molecule has 0 saturated heterocycles. The van der Waals surface area contributed by atoms with Gasteiger partial charge in [-0.3, -0.25) is 9.59 Å². The van der Waals surface area contributed by atoms with Gasteiger partial charge in [-0.05, 0) is 60.4 Å². The average Bonchev–Trinajstić information content (AvgIpc) is 2.58. The number of aryl methyl sites for hydroxylation is 2. The van der Waals surface area contributed by atoms with Gasteiger partial charge in [0.1, 0.15) is 0 Å². The van der Waals surface area contributed by atoms with Crippen LogP contribution < -0.4 is 10.6 Å². The summed E-state index contributed by atoms with van der Waals surface area (Å²) in [4.78, 5) is 21.0. The number of anilines is 2. The molecule has 0 bridgehead atoms. The molecule has 0 saturated carbocycles. The van der Waals surface area contributed by atoms with Crippen LogP contribution in [-0.2, 0) is 9.59 Å². The van der Waals surface area contributed by atoms with Gasteiger partial charge in [-0.15, -0.1) is 0 Å². The molecule has 8 heteroatoms. The maximum Gasteiger partial charge on any atom is 0.257 e. The van der Waals surface area contributed by atoms with Crippen LogP contribution in [-0.4, -0.2) is 21.5 Å². The lowest BCUT2D eigenvalue weighted by molar-refractivity contribution is -0.115. The number of hydrogen-bond donors (Lipinski definition) is 2. The number of alkyl halides is 4. The van der Waals surface area contributed by atoms with Crippen LogP contribution >= 0.6 is 46.4 Å². The number of nitrogens with one attached hydrogen (secondary N) is 2. The van der Waals surface area contributed by atoms with E-state index in [0.29, 0.717) is 11.4 Å². The maximum absolute atomic E-state index is 11.6. The van der Waals surface area contributed by atoms with E-state index in [1.807, 2.05) is 38.1 Å². The first-order valence-corrected chi connectivity index (χ1v) is 9.33. The second kappa shape index (κ2) is 8.96. The molecule has 0 spiro atoms. The van der Waals surface area contributed by atoms with Crippen molar-refractivity contribution in [3.63, 3.8) is 0 Å². The Hall–Kier alpha value is -1.46. The Morgan fingerprint density at radius 2 is 1.08 bits per heavy atom. The molecule has 2 amide bonds. The first-order chi connectivity index (χ1) is 12.2. The molecular weight excluding hydrogens is 418 g/mol. The highest BCUT2D eigenvalue weighted by atomic mass is 35.5. The van der Waals surface area contributed by atoms with Crippen molar-refractivity contribution in [2.45, 2.75) is 23.5 Å². The van der Waals surface area contributed by atoms with Crippen molar-refractivity contribution >= 4 is 69.6 Å². The predicted octanol–water partition coefficient (Wildman–Crippen LogP) is 5.45. The SMILES string of the molecule is Cc1cc(-c2ccc(NC(=O)C(Cl)Cl)c(C)c2)ccc1NC(=O)C(Cl)Cl. The maximum atomic E-state index is 11.6. The molecule has 26 heavy (non-hydrogen) atoms. The lowest BCUT2D eigenvalue weighted by Gasteiger charge is -2.13. The van der Waals surface area contributed by atoms with Crippen LogP contribution in [0.1, 0.15) is 11.1 Å². The molecule has 0 aliphatic rings. The van der Waals surface area contributed by atoms with Crippen molar-refractivity contribution in [2.24, 2.45) is 0 Å². The van der Waals surface area contributed by atoms with Gasteiger partial charge in [0.05, 0.1) is 0 Å². The van der Waals surface area contributed by atoms with Gasteiger partial charge in [-0.25, -0.2) is 0 Å². The molecule has 4 nitrogen and oxygen atoms in total. The Balaban J connectivity index is 2.23. The smallest absolute Gasteiger partial charge is 0.257 e. The quantitative estimate of drug-likeness (QED) is 0.615. The van der Waals surface area contributed by atoms with Gasteiger partial charge < -0.3 is 10.6 Å². The Bertz CT molecular complexity index is 768. The van der Waals surface area contributed by atoms with E-state index in [-0.39, 0.29) is 0 Å². The van der Waals surface area contributed by atoms with E-state index in [0.717, 1.165) is 22.3 Å². The molecule has 0 unspecified atom stereocenters. The fraction of sp³-hybridized carbons (Fsp3) is 0.222. The molecule has 138 valence electrons. The van der Waals surface area contributed by atoms with Crippen LogP contribution in [0.15, 0.2) is 36.4 Å². The van der Waals surface area contributed by atoms with Crippen LogP contribution in [0.5, 0.6) is 0 Å². The van der Waals surface area contributed by atoms with Gasteiger partial charge in [-0.1, -0.05) is 58.5 Å². The summed E-state index contributed by atoms with van der Waals surface area (Å²) in [6, 6.07) is 11.2. The zero-order valence-corrected chi connectivity index (χ0v) is 17.0. The zero-order chi connectivity index (χ0) is 19.4. The van der Waals surface area contributed by atoms with Crippen LogP contribution in [0, 0.1) is 13.8 Å².